The highest BCUT2D eigenvalue weighted by Gasteiger charge is 2.20. The van der Waals surface area contributed by atoms with Crippen molar-refractivity contribution in [3.05, 3.63) is 0 Å². The number of methoxy groups -OCH3 is 1. The minimum atomic E-state index is -3.54. The van der Waals surface area contributed by atoms with Gasteiger partial charge in [0.15, 0.2) is 5.75 Å². The molecule has 1 saturated heterocycles. The van der Waals surface area contributed by atoms with Crippen LogP contribution in [-0.2, 0) is 19.6 Å². The van der Waals surface area contributed by atoms with Gasteiger partial charge in [-0.1, -0.05) is 0 Å². The second-order valence-electron chi connectivity index (χ2n) is 3.48. The zero-order valence-corrected chi connectivity index (χ0v) is 9.47. The van der Waals surface area contributed by atoms with Gasteiger partial charge in [0.05, 0.1) is 7.11 Å². The summed E-state index contributed by atoms with van der Waals surface area (Å²) in [6, 6.07) is 0.178. The van der Waals surface area contributed by atoms with Gasteiger partial charge in [0.1, 0.15) is 0 Å². The summed E-state index contributed by atoms with van der Waals surface area (Å²) in [5.74, 6) is -1.36. The fourth-order valence-corrected chi connectivity index (χ4v) is 2.41. The molecule has 1 atom stereocenters. The first-order chi connectivity index (χ1) is 7.03. The standard InChI is InChI=1S/C8H16N2O4S/c1-14-8(11)6-15(12,13)10-5-7-3-2-4-9-7/h7,9-10H,2-6H2,1H3. The lowest BCUT2D eigenvalue weighted by atomic mass is 10.2. The molecule has 0 amide bonds. The minimum Gasteiger partial charge on any atom is -0.468 e. The Hall–Kier alpha value is -0.660. The van der Waals surface area contributed by atoms with E-state index in [2.05, 4.69) is 14.8 Å². The van der Waals surface area contributed by atoms with Gasteiger partial charge in [-0.3, -0.25) is 4.79 Å². The van der Waals surface area contributed by atoms with E-state index in [1.54, 1.807) is 0 Å². The number of sulfonamides is 1. The van der Waals surface area contributed by atoms with E-state index in [1.165, 1.54) is 0 Å². The normalized spacial score (nSPS) is 21.5. The molecule has 0 radical (unpaired) electrons. The monoisotopic (exact) mass is 236 g/mol. The van der Waals surface area contributed by atoms with Crippen LogP contribution in [0.1, 0.15) is 12.8 Å². The van der Waals surface area contributed by atoms with Crippen molar-refractivity contribution in [2.45, 2.75) is 18.9 Å². The molecule has 2 N–H and O–H groups in total. The summed E-state index contributed by atoms with van der Waals surface area (Å²) < 4.78 is 29.3. The van der Waals surface area contributed by atoms with Crippen molar-refractivity contribution in [1.82, 2.24) is 10.0 Å². The van der Waals surface area contributed by atoms with Gasteiger partial charge in [-0.2, -0.15) is 0 Å². The molecule has 0 aliphatic carbocycles. The van der Waals surface area contributed by atoms with Crippen LogP contribution in [0.25, 0.3) is 0 Å². The maximum absolute atomic E-state index is 11.3. The van der Waals surface area contributed by atoms with E-state index < -0.39 is 21.7 Å². The third kappa shape index (κ3) is 4.59. The Kier molecular flexibility index (Phi) is 4.49. The van der Waals surface area contributed by atoms with Crippen LogP contribution in [0.2, 0.25) is 0 Å². The lowest BCUT2D eigenvalue weighted by molar-refractivity contribution is -0.137. The van der Waals surface area contributed by atoms with Crippen LogP contribution in [0.4, 0.5) is 0 Å². The van der Waals surface area contributed by atoms with E-state index in [1.807, 2.05) is 0 Å². The molecule has 1 aliphatic rings. The van der Waals surface area contributed by atoms with Gasteiger partial charge in [-0.25, -0.2) is 13.1 Å². The Balaban J connectivity index is 2.32. The lowest BCUT2D eigenvalue weighted by Gasteiger charge is -2.11. The van der Waals surface area contributed by atoms with E-state index in [9.17, 15) is 13.2 Å². The van der Waals surface area contributed by atoms with Crippen LogP contribution >= 0.6 is 0 Å². The molecule has 6 nitrogen and oxygen atoms in total. The number of hydrogen-bond acceptors (Lipinski definition) is 5. The number of ether oxygens (including phenoxy) is 1. The molecular weight excluding hydrogens is 220 g/mol. The second kappa shape index (κ2) is 5.43. The molecule has 1 heterocycles. The highest BCUT2D eigenvalue weighted by Crippen LogP contribution is 2.03. The van der Waals surface area contributed by atoms with Crippen molar-refractivity contribution >= 4 is 16.0 Å². The zero-order valence-electron chi connectivity index (χ0n) is 8.65. The quantitative estimate of drug-likeness (QED) is 0.588. The van der Waals surface area contributed by atoms with Crippen LogP contribution in [0.5, 0.6) is 0 Å². The Morgan fingerprint density at radius 2 is 2.33 bits per heavy atom. The molecule has 1 aliphatic heterocycles. The first kappa shape index (κ1) is 12.4. The average Bonchev–Trinajstić information content (AvgIpc) is 2.66. The number of hydrogen-bond donors (Lipinski definition) is 2. The number of carbonyl (C=O) groups is 1. The molecule has 7 heteroatoms. The summed E-state index contributed by atoms with van der Waals surface area (Å²) in [6.45, 7) is 1.25. The van der Waals surface area contributed by atoms with Gasteiger partial charge in [0.2, 0.25) is 10.0 Å². The van der Waals surface area contributed by atoms with Gasteiger partial charge in [-0.05, 0) is 19.4 Å². The topological polar surface area (TPSA) is 84.5 Å². The highest BCUT2D eigenvalue weighted by molar-refractivity contribution is 7.90. The molecule has 0 bridgehead atoms. The molecule has 1 rings (SSSR count). The summed E-state index contributed by atoms with van der Waals surface area (Å²) in [5.41, 5.74) is 0. The summed E-state index contributed by atoms with van der Waals surface area (Å²) in [5, 5.41) is 3.15. The summed E-state index contributed by atoms with van der Waals surface area (Å²) >= 11 is 0. The molecule has 15 heavy (non-hydrogen) atoms. The molecule has 0 saturated carbocycles. The van der Waals surface area contributed by atoms with Crippen molar-refractivity contribution in [3.8, 4) is 0 Å². The van der Waals surface area contributed by atoms with Gasteiger partial charge < -0.3 is 10.1 Å². The molecule has 0 aromatic carbocycles. The SMILES string of the molecule is COC(=O)CS(=O)(=O)NCC1CCCN1. The number of carbonyl (C=O) groups excluding carboxylic acids is 1. The van der Waals surface area contributed by atoms with Gasteiger partial charge in [0, 0.05) is 12.6 Å². The van der Waals surface area contributed by atoms with Crippen LogP contribution in [0.15, 0.2) is 0 Å². The number of nitrogens with one attached hydrogen (secondary N) is 2. The predicted molar refractivity (Wildman–Crippen MR) is 54.8 cm³/mol. The maximum Gasteiger partial charge on any atom is 0.322 e. The Bertz CT molecular complexity index is 309. The number of rotatable bonds is 5. The van der Waals surface area contributed by atoms with Crippen molar-refractivity contribution in [1.29, 1.82) is 0 Å². The second-order valence-corrected chi connectivity index (χ2v) is 5.28. The van der Waals surface area contributed by atoms with E-state index in [4.69, 9.17) is 0 Å². The lowest BCUT2D eigenvalue weighted by Crippen LogP contribution is -2.39. The zero-order chi connectivity index (χ0) is 11.3. The predicted octanol–water partition coefficient (Wildman–Crippen LogP) is -1.17. The maximum atomic E-state index is 11.3. The fourth-order valence-electron chi connectivity index (χ4n) is 1.42. The molecule has 1 fully saturated rings. The van der Waals surface area contributed by atoms with E-state index in [0.29, 0.717) is 6.54 Å². The molecule has 0 spiro atoms. The van der Waals surface area contributed by atoms with E-state index >= 15 is 0 Å². The molecule has 88 valence electrons. The van der Waals surface area contributed by atoms with E-state index in [0.717, 1.165) is 26.5 Å². The Morgan fingerprint density at radius 1 is 1.60 bits per heavy atom. The van der Waals surface area contributed by atoms with Gasteiger partial charge in [0.25, 0.3) is 0 Å². The molecule has 0 aromatic heterocycles. The van der Waals surface area contributed by atoms with Crippen molar-refractivity contribution in [2.75, 3.05) is 26.0 Å². The number of esters is 1. The summed E-state index contributed by atoms with van der Waals surface area (Å²) in [6.07, 6.45) is 2.02. The van der Waals surface area contributed by atoms with Crippen molar-refractivity contribution < 1.29 is 17.9 Å². The van der Waals surface area contributed by atoms with E-state index in [-0.39, 0.29) is 6.04 Å². The molecule has 0 aromatic rings. The first-order valence-electron chi connectivity index (χ1n) is 4.81. The Labute approximate surface area is 89.4 Å². The smallest absolute Gasteiger partial charge is 0.322 e. The van der Waals surface area contributed by atoms with Crippen molar-refractivity contribution in [2.24, 2.45) is 0 Å². The van der Waals surface area contributed by atoms with Crippen molar-refractivity contribution in [3.63, 3.8) is 0 Å². The third-order valence-electron chi connectivity index (χ3n) is 2.25. The largest absolute Gasteiger partial charge is 0.468 e. The van der Waals surface area contributed by atoms with Gasteiger partial charge in [-0.15, -0.1) is 0 Å². The summed E-state index contributed by atoms with van der Waals surface area (Å²) in [7, 11) is -2.38. The summed E-state index contributed by atoms with van der Waals surface area (Å²) in [4.78, 5) is 10.8. The minimum absolute atomic E-state index is 0.178. The highest BCUT2D eigenvalue weighted by atomic mass is 32.2. The van der Waals surface area contributed by atoms with Crippen LogP contribution in [0, 0.1) is 0 Å². The van der Waals surface area contributed by atoms with Gasteiger partial charge >= 0.3 is 5.97 Å². The van der Waals surface area contributed by atoms with Crippen LogP contribution in [-0.4, -0.2) is 46.4 Å². The Morgan fingerprint density at radius 3 is 2.87 bits per heavy atom. The molecule has 1 unspecified atom stereocenters. The molecular formula is C8H16N2O4S. The fraction of sp³-hybridized carbons (Fsp3) is 0.875. The van der Waals surface area contributed by atoms with Crippen LogP contribution in [0.3, 0.4) is 0 Å². The van der Waals surface area contributed by atoms with Crippen LogP contribution < -0.4 is 10.0 Å². The average molecular weight is 236 g/mol. The third-order valence-corrected chi connectivity index (χ3v) is 3.47. The first-order valence-corrected chi connectivity index (χ1v) is 6.46.